The number of aliphatic hydroxyl groups excluding tert-OH is 1. The molecular formula is C30H44ClN7O6. The van der Waals surface area contributed by atoms with Crippen molar-refractivity contribution in [2.24, 2.45) is 46.0 Å². The third-order valence-corrected chi connectivity index (χ3v) is 8.55. The molecule has 1 aromatic heterocycles. The molecule has 4 rings (SSSR count). The van der Waals surface area contributed by atoms with E-state index in [-0.39, 0.29) is 64.9 Å². The van der Waals surface area contributed by atoms with Crippen LogP contribution in [0.1, 0.15) is 76.7 Å². The average molecular weight is 634 g/mol. The highest BCUT2D eigenvalue weighted by Crippen LogP contribution is 2.45. The number of amides is 1. The van der Waals surface area contributed by atoms with E-state index >= 15 is 0 Å². The number of fused-ring (bicyclic) bond motifs is 1. The number of hydrogen-bond donors (Lipinski definition) is 5. The maximum atomic E-state index is 12.5. The standard InChI is InChI=1S/C24H36O5.C6H8ClN7O/c1-5-15(3)24(27)29-21-11-14(2)10-17-7-6-16(4)20(23(17)21)9-8-19-12-18(25)13-22(26)28-19;7-2-4(9)13-3(8)1(12-2)5(15)14-6(10)11/h6-7,10,14-16,18-21,23,25H,5,8-9,11-13H2,1-4H3;(H4,8,9,13)(H4,10,11,14,15)/t14-,15-,16-,18+,19+,20-,21-,23-;/m0./s1. The summed E-state index contributed by atoms with van der Waals surface area (Å²) >= 11 is 5.55. The lowest BCUT2D eigenvalue weighted by Gasteiger charge is -2.43. The molecule has 1 aromatic rings. The van der Waals surface area contributed by atoms with Crippen LogP contribution in [-0.2, 0) is 19.1 Å². The molecule has 1 aliphatic heterocycles. The molecule has 0 aromatic carbocycles. The van der Waals surface area contributed by atoms with Crippen LogP contribution in [0.15, 0.2) is 28.8 Å². The quantitative estimate of drug-likeness (QED) is 0.166. The first-order valence-corrected chi connectivity index (χ1v) is 15.3. The second-order valence-corrected chi connectivity index (χ2v) is 12.2. The first-order valence-electron chi connectivity index (χ1n) is 14.9. The number of carbonyl (C=O) groups excluding carboxylic acids is 3. The Hall–Kier alpha value is -3.71. The number of allylic oxidation sites excluding steroid dienone is 3. The molecule has 0 saturated carbocycles. The molecule has 1 fully saturated rings. The van der Waals surface area contributed by atoms with Gasteiger partial charge in [0.05, 0.1) is 18.4 Å². The van der Waals surface area contributed by atoms with Gasteiger partial charge in [-0.05, 0) is 49.0 Å². The third kappa shape index (κ3) is 9.15. The highest BCUT2D eigenvalue weighted by Gasteiger charge is 2.42. The molecule has 2 aliphatic carbocycles. The number of anilines is 2. The van der Waals surface area contributed by atoms with Crippen LogP contribution in [0.4, 0.5) is 11.6 Å². The number of carbonyl (C=O) groups is 3. The summed E-state index contributed by atoms with van der Waals surface area (Å²) in [5, 5.41) is 9.75. The molecular weight excluding hydrogens is 590 g/mol. The fourth-order valence-corrected chi connectivity index (χ4v) is 5.97. The first kappa shape index (κ1) is 34.8. The van der Waals surface area contributed by atoms with Gasteiger partial charge < -0.3 is 37.5 Å². The maximum absolute atomic E-state index is 12.5. The molecule has 1 amide bonds. The Balaban J connectivity index is 0.000000297. The topological polar surface area (TPSA) is 232 Å². The number of nitrogen functional groups attached to an aromatic ring is 2. The van der Waals surface area contributed by atoms with Gasteiger partial charge in [-0.1, -0.05) is 57.5 Å². The van der Waals surface area contributed by atoms with Crippen molar-refractivity contribution in [3.63, 3.8) is 0 Å². The smallest absolute Gasteiger partial charge is 0.308 e. The number of aliphatic imine (C=N–C) groups is 1. The Kier molecular flexibility index (Phi) is 12.1. The van der Waals surface area contributed by atoms with Crippen molar-refractivity contribution in [3.05, 3.63) is 34.6 Å². The number of nitrogens with two attached hydrogens (primary N) is 4. The number of guanidine groups is 1. The van der Waals surface area contributed by atoms with E-state index in [0.29, 0.717) is 24.2 Å². The number of rotatable bonds is 7. The van der Waals surface area contributed by atoms with E-state index in [4.69, 9.17) is 44.0 Å². The molecule has 2 heterocycles. The number of aliphatic hydroxyl groups is 1. The molecule has 0 radical (unpaired) electrons. The maximum Gasteiger partial charge on any atom is 0.308 e. The second kappa shape index (κ2) is 15.3. The SMILES string of the molecule is CC[C@H](C)C(=O)O[C@H]1C[C@@H](C)C=C2C=C[C@H](C)[C@H](CC[C@@H]3C[C@@H](O)CC(=O)O3)[C@H]21.NC(N)=NC(=O)c1nc(Cl)c(N)nc1N. The summed E-state index contributed by atoms with van der Waals surface area (Å²) in [4.78, 5) is 46.0. The van der Waals surface area contributed by atoms with E-state index in [9.17, 15) is 19.5 Å². The summed E-state index contributed by atoms with van der Waals surface area (Å²) in [5.41, 5.74) is 21.7. The molecule has 44 heavy (non-hydrogen) atoms. The molecule has 3 aliphatic rings. The lowest BCUT2D eigenvalue weighted by molar-refractivity contribution is -0.162. The second-order valence-electron chi connectivity index (χ2n) is 11.8. The molecule has 0 bridgehead atoms. The van der Waals surface area contributed by atoms with Crippen molar-refractivity contribution < 1.29 is 29.0 Å². The van der Waals surface area contributed by atoms with Crippen LogP contribution in [0.3, 0.4) is 0 Å². The minimum absolute atomic E-state index is 0.0737. The van der Waals surface area contributed by atoms with Gasteiger partial charge in [-0.15, -0.1) is 0 Å². The zero-order valence-electron chi connectivity index (χ0n) is 25.6. The summed E-state index contributed by atoms with van der Waals surface area (Å²) in [5.74, 6) is -0.747. The zero-order chi connectivity index (χ0) is 32.7. The summed E-state index contributed by atoms with van der Waals surface area (Å²) in [6, 6.07) is 0. The van der Waals surface area contributed by atoms with Crippen molar-refractivity contribution >= 4 is 47.0 Å². The van der Waals surface area contributed by atoms with Crippen LogP contribution in [0.5, 0.6) is 0 Å². The molecule has 0 spiro atoms. The number of esters is 2. The van der Waals surface area contributed by atoms with Crippen molar-refractivity contribution in [3.8, 4) is 0 Å². The normalized spacial score (nSPS) is 28.3. The first-order chi connectivity index (χ1) is 20.7. The molecule has 9 N–H and O–H groups in total. The van der Waals surface area contributed by atoms with Crippen LogP contribution in [0.2, 0.25) is 5.15 Å². The van der Waals surface area contributed by atoms with E-state index in [2.05, 4.69) is 47.0 Å². The minimum atomic E-state index is -0.832. The van der Waals surface area contributed by atoms with Gasteiger partial charge in [0.2, 0.25) is 0 Å². The lowest BCUT2D eigenvalue weighted by atomic mass is 9.65. The third-order valence-electron chi connectivity index (χ3n) is 8.27. The van der Waals surface area contributed by atoms with Crippen molar-refractivity contribution in [2.45, 2.75) is 84.5 Å². The Morgan fingerprint density at radius 3 is 2.52 bits per heavy atom. The molecule has 0 unspecified atom stereocenters. The Morgan fingerprint density at radius 1 is 1.18 bits per heavy atom. The van der Waals surface area contributed by atoms with E-state index in [1.54, 1.807) is 0 Å². The number of hydrogen-bond acceptors (Lipinski definition) is 10. The van der Waals surface area contributed by atoms with Crippen LogP contribution in [0, 0.1) is 29.6 Å². The zero-order valence-corrected chi connectivity index (χ0v) is 26.4. The number of cyclic esters (lactones) is 1. The van der Waals surface area contributed by atoms with Gasteiger partial charge in [0, 0.05) is 12.3 Å². The summed E-state index contributed by atoms with van der Waals surface area (Å²) < 4.78 is 11.5. The van der Waals surface area contributed by atoms with Gasteiger partial charge in [-0.25, -0.2) is 9.97 Å². The van der Waals surface area contributed by atoms with Crippen molar-refractivity contribution in [1.82, 2.24) is 9.97 Å². The fraction of sp³-hybridized carbons (Fsp3) is 0.600. The predicted molar refractivity (Wildman–Crippen MR) is 167 cm³/mol. The highest BCUT2D eigenvalue weighted by atomic mass is 35.5. The van der Waals surface area contributed by atoms with Crippen LogP contribution < -0.4 is 22.9 Å². The molecule has 242 valence electrons. The lowest BCUT2D eigenvalue weighted by Crippen LogP contribution is -2.42. The van der Waals surface area contributed by atoms with Gasteiger partial charge in [-0.3, -0.25) is 14.4 Å². The Labute approximate surface area is 262 Å². The number of halogens is 1. The largest absolute Gasteiger partial charge is 0.462 e. The summed E-state index contributed by atoms with van der Waals surface area (Å²) in [7, 11) is 0. The molecule has 1 saturated heterocycles. The van der Waals surface area contributed by atoms with Crippen molar-refractivity contribution in [2.75, 3.05) is 11.5 Å². The monoisotopic (exact) mass is 633 g/mol. The minimum Gasteiger partial charge on any atom is -0.462 e. The van der Waals surface area contributed by atoms with Gasteiger partial charge in [0.1, 0.15) is 12.2 Å². The van der Waals surface area contributed by atoms with Crippen LogP contribution in [0.25, 0.3) is 0 Å². The van der Waals surface area contributed by atoms with E-state index in [0.717, 1.165) is 25.7 Å². The molecule has 13 nitrogen and oxygen atoms in total. The fourth-order valence-electron chi connectivity index (χ4n) is 5.84. The van der Waals surface area contributed by atoms with Gasteiger partial charge in [0.25, 0.3) is 0 Å². The highest BCUT2D eigenvalue weighted by molar-refractivity contribution is 6.31. The number of aromatic nitrogens is 2. The van der Waals surface area contributed by atoms with Crippen molar-refractivity contribution in [1.29, 1.82) is 0 Å². The summed E-state index contributed by atoms with van der Waals surface area (Å²) in [6.45, 7) is 8.33. The van der Waals surface area contributed by atoms with Gasteiger partial charge in [-0.2, -0.15) is 4.99 Å². The number of ether oxygens (including phenoxy) is 2. The van der Waals surface area contributed by atoms with E-state index in [1.165, 1.54) is 5.57 Å². The van der Waals surface area contributed by atoms with E-state index in [1.807, 2.05) is 13.8 Å². The Morgan fingerprint density at radius 2 is 1.89 bits per heavy atom. The molecule has 8 atom stereocenters. The predicted octanol–water partition coefficient (Wildman–Crippen LogP) is 2.90. The Bertz CT molecular complexity index is 1310. The van der Waals surface area contributed by atoms with Gasteiger partial charge in [0.15, 0.2) is 28.4 Å². The molecule has 14 heteroatoms. The van der Waals surface area contributed by atoms with Gasteiger partial charge >= 0.3 is 17.8 Å². The van der Waals surface area contributed by atoms with Crippen LogP contribution in [-0.4, -0.2) is 57.2 Å². The van der Waals surface area contributed by atoms with E-state index < -0.39 is 18.0 Å². The number of nitrogens with zero attached hydrogens (tertiary/aromatic N) is 3. The van der Waals surface area contributed by atoms with Crippen LogP contribution >= 0.6 is 11.6 Å². The summed E-state index contributed by atoms with van der Waals surface area (Å²) in [6.07, 6.45) is 9.70. The average Bonchev–Trinajstić information content (AvgIpc) is 2.93.